The third-order valence-electron chi connectivity index (χ3n) is 2.82. The van der Waals surface area contributed by atoms with Gasteiger partial charge in [-0.3, -0.25) is 14.9 Å². The first-order valence-corrected chi connectivity index (χ1v) is 6.40. The van der Waals surface area contributed by atoms with Gasteiger partial charge in [0.2, 0.25) is 0 Å². The number of amides is 1. The number of nitrogens with zero attached hydrogens (tertiary/aromatic N) is 1. The summed E-state index contributed by atoms with van der Waals surface area (Å²) >= 11 is 0. The van der Waals surface area contributed by atoms with Gasteiger partial charge in [0, 0.05) is 23.8 Å². The summed E-state index contributed by atoms with van der Waals surface area (Å²) in [5.74, 6) is -1.01. The van der Waals surface area contributed by atoms with Gasteiger partial charge < -0.3 is 14.5 Å². The number of ether oxygens (including phenoxy) is 1. The molecule has 8 heteroatoms. The predicted octanol–water partition coefficient (Wildman–Crippen LogP) is 2.13. The SMILES string of the molecule is COC(=O)/C(=C/c1ccco1)NC(=O)c1ccc([N+](=O)[O-])cc1. The van der Waals surface area contributed by atoms with Gasteiger partial charge in [0.25, 0.3) is 11.6 Å². The summed E-state index contributed by atoms with van der Waals surface area (Å²) in [6.07, 6.45) is 2.73. The number of non-ortho nitro benzene ring substituents is 1. The zero-order valence-electron chi connectivity index (χ0n) is 12.0. The number of hydrogen-bond acceptors (Lipinski definition) is 6. The fraction of sp³-hybridized carbons (Fsp3) is 0.0667. The van der Waals surface area contributed by atoms with Crippen LogP contribution in [0.3, 0.4) is 0 Å². The first kappa shape index (κ1) is 16.0. The van der Waals surface area contributed by atoms with E-state index in [2.05, 4.69) is 10.1 Å². The molecule has 1 amide bonds. The number of rotatable bonds is 5. The maximum absolute atomic E-state index is 12.1. The van der Waals surface area contributed by atoms with Gasteiger partial charge in [-0.25, -0.2) is 4.79 Å². The number of methoxy groups -OCH3 is 1. The summed E-state index contributed by atoms with van der Waals surface area (Å²) in [6, 6.07) is 8.19. The number of esters is 1. The molecule has 1 aromatic heterocycles. The van der Waals surface area contributed by atoms with Crippen LogP contribution in [0, 0.1) is 10.1 Å². The Labute approximate surface area is 130 Å². The second kappa shape index (κ2) is 7.03. The molecule has 0 fully saturated rings. The zero-order chi connectivity index (χ0) is 16.8. The van der Waals surface area contributed by atoms with Crippen LogP contribution in [-0.2, 0) is 9.53 Å². The van der Waals surface area contributed by atoms with Crippen LogP contribution in [0.15, 0.2) is 52.8 Å². The van der Waals surface area contributed by atoms with Crippen molar-refractivity contribution in [3.05, 3.63) is 69.8 Å². The lowest BCUT2D eigenvalue weighted by Crippen LogP contribution is -2.28. The van der Waals surface area contributed by atoms with E-state index >= 15 is 0 Å². The Morgan fingerprint density at radius 3 is 2.48 bits per heavy atom. The molecular formula is C15H12N2O6. The van der Waals surface area contributed by atoms with E-state index in [0.29, 0.717) is 5.76 Å². The van der Waals surface area contributed by atoms with E-state index in [1.807, 2.05) is 0 Å². The topological polar surface area (TPSA) is 112 Å². The molecule has 0 saturated heterocycles. The average molecular weight is 316 g/mol. The van der Waals surface area contributed by atoms with Gasteiger partial charge in [0.1, 0.15) is 11.5 Å². The lowest BCUT2D eigenvalue weighted by atomic mass is 10.2. The highest BCUT2D eigenvalue weighted by atomic mass is 16.6. The van der Waals surface area contributed by atoms with Gasteiger partial charge >= 0.3 is 5.97 Å². The Kier molecular flexibility index (Phi) is 4.88. The molecule has 0 radical (unpaired) electrons. The van der Waals surface area contributed by atoms with Crippen molar-refractivity contribution < 1.29 is 23.7 Å². The minimum Gasteiger partial charge on any atom is -0.465 e. The van der Waals surface area contributed by atoms with Crippen molar-refractivity contribution in [2.75, 3.05) is 7.11 Å². The van der Waals surface area contributed by atoms with Crippen molar-refractivity contribution >= 4 is 23.6 Å². The van der Waals surface area contributed by atoms with Gasteiger partial charge in [-0.05, 0) is 24.3 Å². The minimum absolute atomic E-state index is 0.120. The van der Waals surface area contributed by atoms with Crippen molar-refractivity contribution in [1.29, 1.82) is 0 Å². The molecule has 0 spiro atoms. The van der Waals surface area contributed by atoms with Crippen LogP contribution in [0.2, 0.25) is 0 Å². The number of furan rings is 1. The second-order valence-electron chi connectivity index (χ2n) is 4.32. The Bertz CT molecular complexity index is 747. The molecule has 0 aliphatic heterocycles. The maximum Gasteiger partial charge on any atom is 0.354 e. The molecule has 1 heterocycles. The van der Waals surface area contributed by atoms with E-state index in [1.165, 1.54) is 43.7 Å². The summed E-state index contributed by atoms with van der Waals surface area (Å²) in [5.41, 5.74) is -0.100. The van der Waals surface area contributed by atoms with Gasteiger partial charge in [-0.1, -0.05) is 0 Å². The fourth-order valence-electron chi connectivity index (χ4n) is 1.70. The summed E-state index contributed by atoms with van der Waals surface area (Å²) in [4.78, 5) is 33.9. The molecule has 0 bridgehead atoms. The quantitative estimate of drug-likeness (QED) is 0.391. The van der Waals surface area contributed by atoms with Gasteiger partial charge in [-0.2, -0.15) is 0 Å². The van der Waals surface area contributed by atoms with Crippen LogP contribution in [0.25, 0.3) is 6.08 Å². The summed E-state index contributed by atoms with van der Waals surface area (Å²) in [6.45, 7) is 0. The molecule has 8 nitrogen and oxygen atoms in total. The third-order valence-corrected chi connectivity index (χ3v) is 2.82. The Morgan fingerprint density at radius 1 is 1.26 bits per heavy atom. The lowest BCUT2D eigenvalue weighted by molar-refractivity contribution is -0.384. The molecule has 0 saturated carbocycles. The van der Waals surface area contributed by atoms with Gasteiger partial charge in [0.15, 0.2) is 0 Å². The van der Waals surface area contributed by atoms with Crippen molar-refractivity contribution in [1.82, 2.24) is 5.32 Å². The number of carbonyl (C=O) groups is 2. The van der Waals surface area contributed by atoms with Crippen LogP contribution >= 0.6 is 0 Å². The number of nitro benzene ring substituents is 1. The van der Waals surface area contributed by atoms with Crippen LogP contribution in [-0.4, -0.2) is 23.9 Å². The van der Waals surface area contributed by atoms with Gasteiger partial charge in [-0.15, -0.1) is 0 Å². The highest BCUT2D eigenvalue weighted by Crippen LogP contribution is 2.13. The molecule has 1 aromatic carbocycles. The summed E-state index contributed by atoms with van der Waals surface area (Å²) in [5, 5.41) is 13.0. The van der Waals surface area contributed by atoms with Crippen LogP contribution in [0.1, 0.15) is 16.1 Å². The Balaban J connectivity index is 2.20. The number of carbonyl (C=O) groups excluding carboxylic acids is 2. The van der Waals surface area contributed by atoms with Crippen molar-refractivity contribution in [2.24, 2.45) is 0 Å². The Morgan fingerprint density at radius 2 is 1.96 bits per heavy atom. The molecular weight excluding hydrogens is 304 g/mol. The average Bonchev–Trinajstić information content (AvgIpc) is 3.06. The third kappa shape index (κ3) is 4.03. The van der Waals surface area contributed by atoms with Crippen molar-refractivity contribution in [3.63, 3.8) is 0 Å². The molecule has 0 atom stereocenters. The number of benzene rings is 1. The standard InChI is InChI=1S/C15H12N2O6/c1-22-15(19)13(9-12-3-2-8-23-12)16-14(18)10-4-6-11(7-5-10)17(20)21/h2-9H,1H3,(H,16,18)/b13-9-. The summed E-state index contributed by atoms with van der Waals surface area (Å²) < 4.78 is 9.67. The molecule has 0 aliphatic rings. The van der Waals surface area contributed by atoms with Crippen molar-refractivity contribution in [2.45, 2.75) is 0 Å². The largest absolute Gasteiger partial charge is 0.465 e. The maximum atomic E-state index is 12.1. The number of nitrogens with one attached hydrogen (secondary N) is 1. The molecule has 23 heavy (non-hydrogen) atoms. The zero-order valence-corrected chi connectivity index (χ0v) is 12.0. The van der Waals surface area contributed by atoms with Crippen LogP contribution in [0.5, 0.6) is 0 Å². The molecule has 2 rings (SSSR count). The van der Waals surface area contributed by atoms with Gasteiger partial charge in [0.05, 0.1) is 18.3 Å². The molecule has 2 aromatic rings. The molecule has 118 valence electrons. The highest BCUT2D eigenvalue weighted by molar-refractivity contribution is 6.03. The van der Waals surface area contributed by atoms with E-state index in [0.717, 1.165) is 0 Å². The molecule has 1 N–H and O–H groups in total. The van der Waals surface area contributed by atoms with E-state index in [1.54, 1.807) is 12.1 Å². The lowest BCUT2D eigenvalue weighted by Gasteiger charge is -2.07. The minimum atomic E-state index is -0.753. The normalized spacial score (nSPS) is 10.9. The monoisotopic (exact) mass is 316 g/mol. The fourth-order valence-corrected chi connectivity index (χ4v) is 1.70. The van der Waals surface area contributed by atoms with Crippen molar-refractivity contribution in [3.8, 4) is 0 Å². The predicted molar refractivity (Wildman–Crippen MR) is 79.3 cm³/mol. The van der Waals surface area contributed by atoms with E-state index < -0.39 is 16.8 Å². The molecule has 0 unspecified atom stereocenters. The summed E-state index contributed by atoms with van der Waals surface area (Å²) in [7, 11) is 1.18. The molecule has 0 aliphatic carbocycles. The van der Waals surface area contributed by atoms with Crippen LogP contribution < -0.4 is 5.32 Å². The first-order valence-electron chi connectivity index (χ1n) is 6.40. The van der Waals surface area contributed by atoms with E-state index in [-0.39, 0.29) is 16.9 Å². The smallest absolute Gasteiger partial charge is 0.354 e. The number of nitro groups is 1. The second-order valence-corrected chi connectivity index (χ2v) is 4.32. The Hall–Kier alpha value is -3.42. The van der Waals surface area contributed by atoms with Crippen LogP contribution in [0.4, 0.5) is 5.69 Å². The number of hydrogen-bond donors (Lipinski definition) is 1. The van der Waals surface area contributed by atoms with E-state index in [9.17, 15) is 19.7 Å². The first-order chi connectivity index (χ1) is 11.0. The highest BCUT2D eigenvalue weighted by Gasteiger charge is 2.16. The van der Waals surface area contributed by atoms with E-state index in [4.69, 9.17) is 4.42 Å².